The maximum absolute atomic E-state index is 12.0. The van der Waals surface area contributed by atoms with Gasteiger partial charge in [-0.1, -0.05) is 13.8 Å². The van der Waals surface area contributed by atoms with Gasteiger partial charge >= 0.3 is 0 Å². The molecule has 1 aliphatic heterocycles. The molecule has 0 saturated carbocycles. The van der Waals surface area contributed by atoms with Gasteiger partial charge in [0.05, 0.1) is 0 Å². The molecule has 0 aromatic carbocycles. The summed E-state index contributed by atoms with van der Waals surface area (Å²) >= 11 is 0. The molecule has 0 spiro atoms. The number of hydrogen-bond donors (Lipinski definition) is 2. The Hall–Kier alpha value is -0.170. The van der Waals surface area contributed by atoms with Gasteiger partial charge < -0.3 is 5.11 Å². The van der Waals surface area contributed by atoms with Gasteiger partial charge in [0.2, 0.25) is 0 Å². The number of rotatable bonds is 7. The zero-order chi connectivity index (χ0) is 13.6. The number of hydrogen-bond acceptors (Lipinski definition) is 3. The summed E-state index contributed by atoms with van der Waals surface area (Å²) in [6, 6.07) is 0. The van der Waals surface area contributed by atoms with Crippen molar-refractivity contribution >= 4 is 10.2 Å². The third kappa shape index (κ3) is 5.22. The van der Waals surface area contributed by atoms with Crippen molar-refractivity contribution < 1.29 is 13.5 Å². The summed E-state index contributed by atoms with van der Waals surface area (Å²) in [7, 11) is -3.35. The lowest BCUT2D eigenvalue weighted by atomic mass is 10.0. The molecular weight excluding hydrogens is 252 g/mol. The van der Waals surface area contributed by atoms with Crippen molar-refractivity contribution in [3.63, 3.8) is 0 Å². The van der Waals surface area contributed by atoms with Crippen LogP contribution < -0.4 is 4.72 Å². The Kier molecular flexibility index (Phi) is 6.55. The van der Waals surface area contributed by atoms with Gasteiger partial charge in [-0.15, -0.1) is 0 Å². The van der Waals surface area contributed by atoms with Crippen molar-refractivity contribution in [1.29, 1.82) is 0 Å². The Bertz CT molecular complexity index is 330. The van der Waals surface area contributed by atoms with Crippen LogP contribution in [0.4, 0.5) is 0 Å². The monoisotopic (exact) mass is 278 g/mol. The summed E-state index contributed by atoms with van der Waals surface area (Å²) in [6.07, 6.45) is 3.64. The minimum Gasteiger partial charge on any atom is -0.396 e. The fraction of sp³-hybridized carbons (Fsp3) is 1.00. The number of nitrogens with zero attached hydrogens (tertiary/aromatic N) is 1. The van der Waals surface area contributed by atoms with E-state index in [1.54, 1.807) is 0 Å². The summed E-state index contributed by atoms with van der Waals surface area (Å²) in [5, 5.41) is 9.11. The van der Waals surface area contributed by atoms with Gasteiger partial charge in [0, 0.05) is 26.2 Å². The van der Waals surface area contributed by atoms with Crippen molar-refractivity contribution in [2.45, 2.75) is 39.5 Å². The average Bonchev–Trinajstić information content (AvgIpc) is 2.34. The molecule has 1 fully saturated rings. The van der Waals surface area contributed by atoms with E-state index in [9.17, 15) is 8.42 Å². The molecule has 0 amide bonds. The zero-order valence-electron chi connectivity index (χ0n) is 11.4. The average molecular weight is 278 g/mol. The number of piperidine rings is 1. The topological polar surface area (TPSA) is 69.6 Å². The predicted molar refractivity (Wildman–Crippen MR) is 72.4 cm³/mol. The molecule has 0 aromatic heterocycles. The quantitative estimate of drug-likeness (QED) is 0.682. The molecule has 1 saturated heterocycles. The second-order valence-electron chi connectivity index (χ2n) is 5.48. The second kappa shape index (κ2) is 7.43. The van der Waals surface area contributed by atoms with Gasteiger partial charge in [0.15, 0.2) is 0 Å². The predicted octanol–water partition coefficient (Wildman–Crippen LogP) is 0.961. The van der Waals surface area contributed by atoms with Gasteiger partial charge in [-0.3, -0.25) is 0 Å². The Labute approximate surface area is 111 Å². The maximum Gasteiger partial charge on any atom is 0.279 e. The first-order valence-corrected chi connectivity index (χ1v) is 8.25. The third-order valence-corrected chi connectivity index (χ3v) is 4.90. The Morgan fingerprint density at radius 1 is 1.44 bits per heavy atom. The SMILES string of the molecule is CC(C)CCCNS(=O)(=O)N1CCCC(CO)C1. The minimum atomic E-state index is -3.35. The number of nitrogens with one attached hydrogen (secondary N) is 1. The number of aliphatic hydroxyl groups excluding tert-OH is 1. The zero-order valence-corrected chi connectivity index (χ0v) is 12.2. The molecule has 2 N–H and O–H groups in total. The standard InChI is InChI=1S/C12H26N2O3S/c1-11(2)5-3-7-13-18(16,17)14-8-4-6-12(9-14)10-15/h11-13,15H,3-10H2,1-2H3. The van der Waals surface area contributed by atoms with Crippen LogP contribution in [0.3, 0.4) is 0 Å². The van der Waals surface area contributed by atoms with Crippen LogP contribution >= 0.6 is 0 Å². The van der Waals surface area contributed by atoms with Crippen LogP contribution in [-0.4, -0.2) is 44.1 Å². The summed E-state index contributed by atoms with van der Waals surface area (Å²) in [5.74, 6) is 0.689. The van der Waals surface area contributed by atoms with E-state index in [2.05, 4.69) is 18.6 Å². The van der Waals surface area contributed by atoms with Crippen LogP contribution in [0, 0.1) is 11.8 Å². The largest absolute Gasteiger partial charge is 0.396 e. The first kappa shape index (κ1) is 15.9. The summed E-state index contributed by atoms with van der Waals surface area (Å²) in [5.41, 5.74) is 0. The second-order valence-corrected chi connectivity index (χ2v) is 7.24. The van der Waals surface area contributed by atoms with Gasteiger partial charge in [-0.2, -0.15) is 12.7 Å². The van der Waals surface area contributed by atoms with E-state index < -0.39 is 10.2 Å². The normalized spacial score (nSPS) is 22.6. The minimum absolute atomic E-state index is 0.0688. The van der Waals surface area contributed by atoms with Gasteiger partial charge in [-0.25, -0.2) is 4.72 Å². The molecule has 6 heteroatoms. The molecule has 0 aromatic rings. The van der Waals surface area contributed by atoms with Gasteiger partial charge in [0.25, 0.3) is 10.2 Å². The van der Waals surface area contributed by atoms with Crippen LogP contribution in [0.5, 0.6) is 0 Å². The molecule has 1 heterocycles. The molecule has 1 aliphatic rings. The van der Waals surface area contributed by atoms with Crippen LogP contribution in [0.1, 0.15) is 39.5 Å². The molecule has 0 aliphatic carbocycles. The van der Waals surface area contributed by atoms with E-state index in [-0.39, 0.29) is 12.5 Å². The fourth-order valence-corrected chi connectivity index (χ4v) is 3.56. The van der Waals surface area contributed by atoms with Crippen molar-refractivity contribution in [2.24, 2.45) is 11.8 Å². The van der Waals surface area contributed by atoms with E-state index in [0.29, 0.717) is 25.6 Å². The van der Waals surface area contributed by atoms with Gasteiger partial charge in [0.1, 0.15) is 0 Å². The summed E-state index contributed by atoms with van der Waals surface area (Å²) in [4.78, 5) is 0. The fourth-order valence-electron chi connectivity index (χ4n) is 2.20. The van der Waals surface area contributed by atoms with Crippen LogP contribution in [-0.2, 0) is 10.2 Å². The van der Waals surface area contributed by atoms with Crippen LogP contribution in [0.15, 0.2) is 0 Å². The van der Waals surface area contributed by atoms with Crippen LogP contribution in [0.2, 0.25) is 0 Å². The van der Waals surface area contributed by atoms with E-state index >= 15 is 0 Å². The molecular formula is C12H26N2O3S. The van der Waals surface area contributed by atoms with Gasteiger partial charge in [-0.05, 0) is 37.5 Å². The van der Waals surface area contributed by atoms with E-state index in [0.717, 1.165) is 25.7 Å². The molecule has 1 atom stereocenters. The summed E-state index contributed by atoms with van der Waals surface area (Å²) < 4.78 is 28.2. The van der Waals surface area contributed by atoms with Crippen LogP contribution in [0.25, 0.3) is 0 Å². The van der Waals surface area contributed by atoms with E-state index in [1.165, 1.54) is 4.31 Å². The molecule has 1 rings (SSSR count). The first-order valence-electron chi connectivity index (χ1n) is 6.81. The lowest BCUT2D eigenvalue weighted by molar-refractivity contribution is 0.165. The number of aliphatic hydroxyl groups is 1. The van der Waals surface area contributed by atoms with Crippen molar-refractivity contribution in [2.75, 3.05) is 26.2 Å². The third-order valence-electron chi connectivity index (χ3n) is 3.32. The highest BCUT2D eigenvalue weighted by Crippen LogP contribution is 2.17. The highest BCUT2D eigenvalue weighted by atomic mass is 32.2. The molecule has 5 nitrogen and oxygen atoms in total. The lowest BCUT2D eigenvalue weighted by Gasteiger charge is -2.30. The van der Waals surface area contributed by atoms with Crippen molar-refractivity contribution in [3.05, 3.63) is 0 Å². The van der Waals surface area contributed by atoms with E-state index in [4.69, 9.17) is 5.11 Å². The molecule has 18 heavy (non-hydrogen) atoms. The summed E-state index contributed by atoms with van der Waals surface area (Å²) in [6.45, 7) is 5.84. The van der Waals surface area contributed by atoms with E-state index in [1.807, 2.05) is 0 Å². The highest BCUT2D eigenvalue weighted by molar-refractivity contribution is 7.87. The molecule has 1 unspecified atom stereocenters. The Morgan fingerprint density at radius 2 is 2.17 bits per heavy atom. The lowest BCUT2D eigenvalue weighted by Crippen LogP contribution is -2.46. The maximum atomic E-state index is 12.0. The molecule has 0 radical (unpaired) electrons. The highest BCUT2D eigenvalue weighted by Gasteiger charge is 2.27. The van der Waals surface area contributed by atoms with Crippen molar-refractivity contribution in [3.8, 4) is 0 Å². The molecule has 108 valence electrons. The molecule has 0 bridgehead atoms. The Morgan fingerprint density at radius 3 is 2.78 bits per heavy atom. The first-order chi connectivity index (χ1) is 8.45. The Balaban J connectivity index is 2.38. The van der Waals surface area contributed by atoms with Crippen molar-refractivity contribution in [1.82, 2.24) is 9.03 Å². The smallest absolute Gasteiger partial charge is 0.279 e.